The number of halogens is 1. The predicted octanol–water partition coefficient (Wildman–Crippen LogP) is 3.28. The van der Waals surface area contributed by atoms with Crippen molar-refractivity contribution in [3.05, 3.63) is 78.1 Å². The number of carbonyl (C=O) groups is 1. The Hall–Kier alpha value is -4.31. The number of rotatable bonds is 6. The number of para-hydroxylation sites is 1. The number of amides is 1. The largest absolute Gasteiger partial charge is 0.437 e. The molecule has 0 bridgehead atoms. The molecule has 15 heteroatoms. The molecule has 0 unspecified atom stereocenters. The van der Waals surface area contributed by atoms with Gasteiger partial charge >= 0.3 is 0 Å². The Morgan fingerprint density at radius 2 is 1.79 bits per heavy atom. The molecule has 5 rings (SSSR count). The predicted molar refractivity (Wildman–Crippen MR) is 155 cm³/mol. The molecule has 1 aliphatic rings. The quantitative estimate of drug-likeness (QED) is 0.276. The number of carbonyl (C=O) groups excluding carboxylic acids is 1. The molecule has 0 saturated carbocycles. The first-order chi connectivity index (χ1) is 19.9. The number of sulfonamides is 2. The maximum atomic E-state index is 13.7. The van der Waals surface area contributed by atoms with Gasteiger partial charge < -0.3 is 9.73 Å². The lowest BCUT2D eigenvalue weighted by atomic mass is 10.0. The number of benzene rings is 2. The van der Waals surface area contributed by atoms with Gasteiger partial charge in [0.05, 0.1) is 22.9 Å². The number of pyridine rings is 1. The highest BCUT2D eigenvalue weighted by Gasteiger charge is 2.35. The van der Waals surface area contributed by atoms with Gasteiger partial charge in [0.15, 0.2) is 5.82 Å². The second-order valence-corrected chi connectivity index (χ2v) is 13.3. The van der Waals surface area contributed by atoms with E-state index in [-0.39, 0.29) is 69.6 Å². The van der Waals surface area contributed by atoms with Crippen molar-refractivity contribution < 1.29 is 35.6 Å². The van der Waals surface area contributed by atoms with Crippen LogP contribution in [-0.2, 0) is 20.0 Å². The number of fused-ring (bicyclic) bond motifs is 2. The maximum Gasteiger partial charge on any atom is 0.255 e. The zero-order chi connectivity index (χ0) is 30.4. The number of nitrogens with zero attached hydrogens (tertiary/aromatic N) is 3. The molecule has 12 nitrogen and oxygen atoms in total. The third-order valence-corrected chi connectivity index (χ3v) is 9.85. The summed E-state index contributed by atoms with van der Waals surface area (Å²) in [5, 5.41) is 12.2. The summed E-state index contributed by atoms with van der Waals surface area (Å²) in [7, 11) is -6.84. The summed E-state index contributed by atoms with van der Waals surface area (Å²) < 4.78 is 74.9. The van der Waals surface area contributed by atoms with Gasteiger partial charge in [-0.05, 0) is 48.0 Å². The first-order valence-corrected chi connectivity index (χ1v) is 15.8. The number of hydrogen-bond acceptors (Lipinski definition) is 9. The van der Waals surface area contributed by atoms with Crippen LogP contribution in [0.1, 0.15) is 15.9 Å². The van der Waals surface area contributed by atoms with Crippen LogP contribution in [-0.4, -0.2) is 70.2 Å². The van der Waals surface area contributed by atoms with Gasteiger partial charge in [-0.3, -0.25) is 19.8 Å². The van der Waals surface area contributed by atoms with Crippen molar-refractivity contribution in [1.82, 2.24) is 14.6 Å². The number of furan rings is 1. The van der Waals surface area contributed by atoms with Gasteiger partial charge in [0, 0.05) is 37.8 Å². The Kier molecular flexibility index (Phi) is 7.53. The summed E-state index contributed by atoms with van der Waals surface area (Å²) in [5.41, 5.74) is 2.59. The molecule has 42 heavy (non-hydrogen) atoms. The molecular weight excluding hydrogens is 589 g/mol. The standard InChI is InChI=1S/C27H26FN5O7S2/c1-16-15-32(42(38,39)22-7-5-4-6-21(22)31-35)12-13-33(41(3,36)37)25-19(16)14-20-23(26(34)29-2)24(40-27(20)30-25)17-8-10-18(28)11-9-17/h4-11,14,31,35H,1,12-13,15H2,2-3H3,(H,29,34). The van der Waals surface area contributed by atoms with Gasteiger partial charge in [-0.15, -0.1) is 0 Å². The van der Waals surface area contributed by atoms with Gasteiger partial charge in [-0.1, -0.05) is 18.7 Å². The molecule has 1 aliphatic heterocycles. The fourth-order valence-corrected chi connectivity index (χ4v) is 7.19. The van der Waals surface area contributed by atoms with Gasteiger partial charge in [0.2, 0.25) is 25.8 Å². The summed E-state index contributed by atoms with van der Waals surface area (Å²) in [4.78, 5) is 17.3. The average molecular weight is 616 g/mol. The van der Waals surface area contributed by atoms with E-state index in [1.54, 1.807) is 0 Å². The smallest absolute Gasteiger partial charge is 0.255 e. The van der Waals surface area contributed by atoms with Crippen LogP contribution < -0.4 is 15.1 Å². The van der Waals surface area contributed by atoms with Gasteiger partial charge in [-0.2, -0.15) is 9.29 Å². The molecule has 0 radical (unpaired) electrons. The minimum atomic E-state index is -4.26. The molecule has 220 valence electrons. The Bertz CT molecular complexity index is 1940. The molecule has 4 aromatic rings. The van der Waals surface area contributed by atoms with Crippen LogP contribution in [0.5, 0.6) is 0 Å². The molecule has 3 N–H and O–H groups in total. The van der Waals surface area contributed by atoms with Crippen molar-refractivity contribution in [2.75, 3.05) is 42.7 Å². The molecule has 3 heterocycles. The average Bonchev–Trinajstić information content (AvgIpc) is 3.32. The van der Waals surface area contributed by atoms with Crippen molar-refractivity contribution >= 4 is 54.1 Å². The Labute approximate surface area is 241 Å². The van der Waals surface area contributed by atoms with Crippen LogP contribution >= 0.6 is 0 Å². The first kappa shape index (κ1) is 29.2. The summed E-state index contributed by atoms with van der Waals surface area (Å²) in [5.74, 6) is -0.992. The van der Waals surface area contributed by atoms with Crippen LogP contribution in [0.2, 0.25) is 0 Å². The zero-order valence-electron chi connectivity index (χ0n) is 22.5. The molecule has 0 saturated heterocycles. The van der Waals surface area contributed by atoms with Crippen LogP contribution in [0.3, 0.4) is 0 Å². The van der Waals surface area contributed by atoms with Crippen molar-refractivity contribution in [3.63, 3.8) is 0 Å². The van der Waals surface area contributed by atoms with Crippen molar-refractivity contribution in [2.24, 2.45) is 0 Å². The lowest BCUT2D eigenvalue weighted by molar-refractivity contribution is 0.0964. The zero-order valence-corrected chi connectivity index (χ0v) is 24.1. The summed E-state index contributed by atoms with van der Waals surface area (Å²) in [6.07, 6.45) is 0.957. The van der Waals surface area contributed by atoms with E-state index in [0.717, 1.165) is 14.9 Å². The second-order valence-electron chi connectivity index (χ2n) is 9.49. The van der Waals surface area contributed by atoms with Crippen molar-refractivity contribution in [3.8, 4) is 11.3 Å². The van der Waals surface area contributed by atoms with Crippen molar-refractivity contribution in [1.29, 1.82) is 0 Å². The highest BCUT2D eigenvalue weighted by molar-refractivity contribution is 7.92. The summed E-state index contributed by atoms with van der Waals surface area (Å²) in [6, 6.07) is 12.5. The molecule has 0 atom stereocenters. The number of aromatic nitrogens is 1. The minimum Gasteiger partial charge on any atom is -0.437 e. The summed E-state index contributed by atoms with van der Waals surface area (Å²) >= 11 is 0. The minimum absolute atomic E-state index is 0.0488. The summed E-state index contributed by atoms with van der Waals surface area (Å²) in [6.45, 7) is 3.22. The Balaban J connectivity index is 1.71. The van der Waals surface area contributed by atoms with Gasteiger partial charge in [0.1, 0.15) is 16.5 Å². The van der Waals surface area contributed by atoms with E-state index < -0.39 is 31.8 Å². The van der Waals surface area contributed by atoms with E-state index >= 15 is 0 Å². The van der Waals surface area contributed by atoms with E-state index in [4.69, 9.17) is 4.42 Å². The van der Waals surface area contributed by atoms with Crippen LogP contribution in [0.15, 0.2) is 70.5 Å². The normalized spacial score (nSPS) is 14.8. The number of anilines is 2. The second kappa shape index (κ2) is 10.8. The van der Waals surface area contributed by atoms with Gasteiger partial charge in [-0.25, -0.2) is 21.2 Å². The first-order valence-electron chi connectivity index (χ1n) is 12.5. The number of nitrogens with one attached hydrogen (secondary N) is 2. The SMILES string of the molecule is C=C1CN(S(=O)(=O)c2ccccc2NO)CCN(S(C)(=O)=O)c2nc3oc(-c4ccc(F)cc4)c(C(=O)NC)c3cc21. The third-order valence-electron chi connectivity index (χ3n) is 6.79. The van der Waals surface area contributed by atoms with E-state index in [1.807, 2.05) is 5.48 Å². The lowest BCUT2D eigenvalue weighted by Gasteiger charge is -2.32. The van der Waals surface area contributed by atoms with Crippen LogP contribution in [0, 0.1) is 5.82 Å². The van der Waals surface area contributed by atoms with Crippen LogP contribution in [0.25, 0.3) is 28.0 Å². The van der Waals surface area contributed by atoms with E-state index in [0.29, 0.717) is 5.56 Å². The molecule has 1 amide bonds. The molecule has 0 fully saturated rings. The fourth-order valence-electron chi connectivity index (χ4n) is 4.76. The Morgan fingerprint density at radius 1 is 1.10 bits per heavy atom. The highest BCUT2D eigenvalue weighted by Crippen LogP contribution is 2.39. The van der Waals surface area contributed by atoms with E-state index in [2.05, 4.69) is 16.9 Å². The fraction of sp³-hybridized carbons (Fsp3) is 0.185. The lowest BCUT2D eigenvalue weighted by Crippen LogP contribution is -2.44. The van der Waals surface area contributed by atoms with Crippen molar-refractivity contribution in [2.45, 2.75) is 4.90 Å². The van der Waals surface area contributed by atoms with E-state index in [1.165, 1.54) is 61.6 Å². The molecule has 2 aromatic heterocycles. The molecule has 2 aromatic carbocycles. The van der Waals surface area contributed by atoms with Gasteiger partial charge in [0.25, 0.3) is 5.91 Å². The monoisotopic (exact) mass is 615 g/mol. The molecular formula is C27H26FN5O7S2. The third kappa shape index (κ3) is 5.11. The van der Waals surface area contributed by atoms with Crippen LogP contribution in [0.4, 0.5) is 15.9 Å². The number of hydrogen-bond donors (Lipinski definition) is 3. The van der Waals surface area contributed by atoms with E-state index in [9.17, 15) is 31.2 Å². The maximum absolute atomic E-state index is 13.7. The molecule has 0 spiro atoms. The highest BCUT2D eigenvalue weighted by atomic mass is 32.2. The Morgan fingerprint density at radius 3 is 2.43 bits per heavy atom. The topological polar surface area (TPSA) is 162 Å². The molecule has 0 aliphatic carbocycles.